The second-order valence-electron chi connectivity index (χ2n) is 2.93. The molecule has 1 aromatic rings. The third-order valence-electron chi connectivity index (χ3n) is 1.78. The summed E-state index contributed by atoms with van der Waals surface area (Å²) in [6.45, 7) is 2.50. The largest absolute Gasteiger partial charge is 0.486 e. The van der Waals surface area contributed by atoms with Gasteiger partial charge < -0.3 is 4.74 Å². The Morgan fingerprint density at radius 3 is 2.93 bits per heavy atom. The molecule has 15 heavy (non-hydrogen) atoms. The second kappa shape index (κ2) is 5.65. The molecule has 0 amide bonds. The van der Waals surface area contributed by atoms with E-state index in [0.29, 0.717) is 11.1 Å². The van der Waals surface area contributed by atoms with Crippen molar-refractivity contribution in [2.45, 2.75) is 19.8 Å². The third-order valence-corrected chi connectivity index (χ3v) is 2.34. The van der Waals surface area contributed by atoms with Crippen LogP contribution in [0.2, 0.25) is 0 Å². The highest BCUT2D eigenvalue weighted by atomic mass is 79.9. The maximum Gasteiger partial charge on any atom is 0.330 e. The first kappa shape index (κ1) is 11.9. The maximum absolute atomic E-state index is 10.7. The Hall–Kier alpha value is -1.17. The Kier molecular flexibility index (Phi) is 4.48. The van der Waals surface area contributed by atoms with E-state index < -0.39 is 4.92 Å². The van der Waals surface area contributed by atoms with Crippen LogP contribution in [0.25, 0.3) is 0 Å². The fourth-order valence-electron chi connectivity index (χ4n) is 1.00. The fourth-order valence-corrected chi connectivity index (χ4v) is 1.44. The molecule has 0 fully saturated rings. The van der Waals surface area contributed by atoms with Crippen molar-refractivity contribution < 1.29 is 9.66 Å². The fraction of sp³-hybridized carbons (Fsp3) is 0.444. The molecule has 0 aliphatic heterocycles. The molecule has 0 aliphatic carbocycles. The monoisotopic (exact) mass is 274 g/mol. The van der Waals surface area contributed by atoms with Crippen LogP contribution in [0.5, 0.6) is 5.75 Å². The van der Waals surface area contributed by atoms with Gasteiger partial charge >= 0.3 is 5.69 Å². The van der Waals surface area contributed by atoms with E-state index in [-0.39, 0.29) is 11.4 Å². The molecule has 0 bridgehead atoms. The van der Waals surface area contributed by atoms with Crippen molar-refractivity contribution >= 4 is 21.6 Å². The van der Waals surface area contributed by atoms with Crippen molar-refractivity contribution in [1.82, 2.24) is 4.98 Å². The van der Waals surface area contributed by atoms with Crippen molar-refractivity contribution in [2.75, 3.05) is 6.61 Å². The van der Waals surface area contributed by atoms with Crippen LogP contribution >= 0.6 is 15.9 Å². The van der Waals surface area contributed by atoms with Gasteiger partial charge in [0.2, 0.25) is 5.75 Å². The summed E-state index contributed by atoms with van der Waals surface area (Å²) in [5.74, 6) is 0.253. The average Bonchev–Trinajstić information content (AvgIpc) is 2.20. The SMILES string of the molecule is CCCCOc1c(Br)cncc1[N+](=O)[O-]. The Morgan fingerprint density at radius 2 is 2.33 bits per heavy atom. The molecule has 6 heteroatoms. The van der Waals surface area contributed by atoms with E-state index in [9.17, 15) is 10.1 Å². The van der Waals surface area contributed by atoms with Crippen LogP contribution < -0.4 is 4.74 Å². The number of nitrogens with zero attached hydrogens (tertiary/aromatic N) is 2. The highest BCUT2D eigenvalue weighted by molar-refractivity contribution is 9.10. The van der Waals surface area contributed by atoms with Crippen LogP contribution in [-0.4, -0.2) is 16.5 Å². The van der Waals surface area contributed by atoms with Gasteiger partial charge in [-0.2, -0.15) is 0 Å². The number of ether oxygens (including phenoxy) is 1. The molecule has 0 aliphatic rings. The summed E-state index contributed by atoms with van der Waals surface area (Å²) in [5.41, 5.74) is -0.111. The Morgan fingerprint density at radius 1 is 1.60 bits per heavy atom. The zero-order valence-corrected chi connectivity index (χ0v) is 9.86. The molecule has 0 aromatic carbocycles. The van der Waals surface area contributed by atoms with Crippen LogP contribution in [0.15, 0.2) is 16.9 Å². The molecule has 0 unspecified atom stereocenters. The zero-order chi connectivity index (χ0) is 11.3. The van der Waals surface area contributed by atoms with Gasteiger partial charge in [-0.3, -0.25) is 15.1 Å². The van der Waals surface area contributed by atoms with Gasteiger partial charge in [0.15, 0.2) is 0 Å². The number of hydrogen-bond donors (Lipinski definition) is 0. The lowest BCUT2D eigenvalue weighted by Crippen LogP contribution is -2.01. The van der Waals surface area contributed by atoms with Gasteiger partial charge in [-0.15, -0.1) is 0 Å². The van der Waals surface area contributed by atoms with Gasteiger partial charge in [0, 0.05) is 6.20 Å². The van der Waals surface area contributed by atoms with Crippen LogP contribution in [0.1, 0.15) is 19.8 Å². The molecular formula is C9H11BrN2O3. The van der Waals surface area contributed by atoms with Crippen molar-refractivity contribution in [3.63, 3.8) is 0 Å². The molecular weight excluding hydrogens is 264 g/mol. The topological polar surface area (TPSA) is 65.3 Å². The van der Waals surface area contributed by atoms with Gasteiger partial charge in [0.25, 0.3) is 0 Å². The molecule has 0 radical (unpaired) electrons. The maximum atomic E-state index is 10.7. The molecule has 0 saturated heterocycles. The number of hydrogen-bond acceptors (Lipinski definition) is 4. The normalized spacial score (nSPS) is 10.0. The summed E-state index contributed by atoms with van der Waals surface area (Å²) in [6, 6.07) is 0. The molecule has 0 N–H and O–H groups in total. The summed E-state index contributed by atoms with van der Waals surface area (Å²) < 4.78 is 5.85. The van der Waals surface area contributed by atoms with E-state index in [0.717, 1.165) is 12.8 Å². The first-order valence-electron chi connectivity index (χ1n) is 4.57. The molecule has 0 spiro atoms. The zero-order valence-electron chi connectivity index (χ0n) is 8.27. The van der Waals surface area contributed by atoms with E-state index in [1.54, 1.807) is 0 Å². The van der Waals surface area contributed by atoms with Crippen molar-refractivity contribution in [2.24, 2.45) is 0 Å². The molecule has 0 saturated carbocycles. The molecule has 1 heterocycles. The highest BCUT2D eigenvalue weighted by Crippen LogP contribution is 2.33. The number of aromatic nitrogens is 1. The van der Waals surface area contributed by atoms with Gasteiger partial charge in [-0.25, -0.2) is 0 Å². The van der Waals surface area contributed by atoms with Crippen molar-refractivity contribution in [3.8, 4) is 5.75 Å². The van der Waals surface area contributed by atoms with Crippen LogP contribution in [0.4, 0.5) is 5.69 Å². The number of nitro groups is 1. The van der Waals surface area contributed by atoms with E-state index in [2.05, 4.69) is 20.9 Å². The van der Waals surface area contributed by atoms with Crippen molar-refractivity contribution in [1.29, 1.82) is 0 Å². The minimum absolute atomic E-state index is 0.111. The van der Waals surface area contributed by atoms with Gasteiger partial charge in [0.1, 0.15) is 6.20 Å². The standard InChI is InChI=1S/C9H11BrN2O3/c1-2-3-4-15-9-7(10)5-11-6-8(9)12(13)14/h5-6H,2-4H2,1H3. The van der Waals surface area contributed by atoms with E-state index in [1.807, 2.05) is 6.92 Å². The summed E-state index contributed by atoms with van der Waals surface area (Å²) in [4.78, 5) is 13.9. The predicted octanol–water partition coefficient (Wildman–Crippen LogP) is 2.93. The van der Waals surface area contributed by atoms with Gasteiger partial charge in [-0.1, -0.05) is 13.3 Å². The smallest absolute Gasteiger partial charge is 0.330 e. The Bertz CT molecular complexity index is 357. The molecule has 82 valence electrons. The quantitative estimate of drug-likeness (QED) is 0.470. The summed E-state index contributed by atoms with van der Waals surface area (Å²) in [6.07, 6.45) is 4.52. The number of halogens is 1. The van der Waals surface area contributed by atoms with Gasteiger partial charge in [0.05, 0.1) is 16.0 Å². The van der Waals surface area contributed by atoms with E-state index in [1.165, 1.54) is 12.4 Å². The summed E-state index contributed by atoms with van der Waals surface area (Å²) in [5, 5.41) is 10.7. The first-order valence-corrected chi connectivity index (χ1v) is 5.36. The minimum atomic E-state index is -0.501. The Labute approximate surface area is 95.7 Å². The highest BCUT2D eigenvalue weighted by Gasteiger charge is 2.18. The number of unbranched alkanes of at least 4 members (excludes halogenated alkanes) is 1. The lowest BCUT2D eigenvalue weighted by molar-refractivity contribution is -0.386. The summed E-state index contributed by atoms with van der Waals surface area (Å²) in [7, 11) is 0. The van der Waals surface area contributed by atoms with Crippen LogP contribution in [0, 0.1) is 10.1 Å². The summed E-state index contributed by atoms with van der Waals surface area (Å²) >= 11 is 3.18. The minimum Gasteiger partial charge on any atom is -0.486 e. The van der Waals surface area contributed by atoms with Gasteiger partial charge in [-0.05, 0) is 22.4 Å². The lowest BCUT2D eigenvalue weighted by Gasteiger charge is -2.06. The lowest BCUT2D eigenvalue weighted by atomic mass is 10.3. The predicted molar refractivity (Wildman–Crippen MR) is 59.0 cm³/mol. The Balaban J connectivity index is 2.87. The van der Waals surface area contributed by atoms with Crippen LogP contribution in [-0.2, 0) is 0 Å². The van der Waals surface area contributed by atoms with E-state index in [4.69, 9.17) is 4.74 Å². The first-order chi connectivity index (χ1) is 7.16. The van der Waals surface area contributed by atoms with Crippen molar-refractivity contribution in [3.05, 3.63) is 27.0 Å². The average molecular weight is 275 g/mol. The second-order valence-corrected chi connectivity index (χ2v) is 3.78. The molecule has 0 atom stereocenters. The number of rotatable bonds is 5. The van der Waals surface area contributed by atoms with E-state index >= 15 is 0 Å². The molecule has 1 rings (SSSR count). The number of pyridine rings is 1. The molecule has 1 aromatic heterocycles. The molecule has 5 nitrogen and oxygen atoms in total. The third kappa shape index (κ3) is 3.16. The van der Waals surface area contributed by atoms with Crippen LogP contribution in [0.3, 0.4) is 0 Å².